The van der Waals surface area contributed by atoms with Gasteiger partial charge in [-0.2, -0.15) is 0 Å². The summed E-state index contributed by atoms with van der Waals surface area (Å²) in [6, 6.07) is 10.4. The monoisotopic (exact) mass is 290 g/mol. The quantitative estimate of drug-likeness (QED) is 0.722. The molecule has 1 aliphatic heterocycles. The summed E-state index contributed by atoms with van der Waals surface area (Å²) < 4.78 is 7.44. The molecule has 1 aromatic rings. The Labute approximate surface area is 110 Å². The molecular formula is C15H14OSe. The Morgan fingerprint density at radius 2 is 2.00 bits per heavy atom. The zero-order chi connectivity index (χ0) is 11.7. The van der Waals surface area contributed by atoms with Gasteiger partial charge in [-0.05, 0) is 0 Å². The predicted octanol–water partition coefficient (Wildman–Crippen LogP) is 2.95. The molecule has 0 saturated carbocycles. The summed E-state index contributed by atoms with van der Waals surface area (Å²) in [5.74, 6) is 1.68. The molecule has 1 aliphatic carbocycles. The van der Waals surface area contributed by atoms with E-state index in [9.17, 15) is 0 Å². The second-order valence-corrected chi connectivity index (χ2v) is 5.61. The third-order valence-electron chi connectivity index (χ3n) is 3.32. The van der Waals surface area contributed by atoms with Crippen molar-refractivity contribution in [1.29, 1.82) is 0 Å². The number of rotatable bonds is 1. The van der Waals surface area contributed by atoms with Gasteiger partial charge in [0.15, 0.2) is 0 Å². The third kappa shape index (κ3) is 2.15. The number of ether oxygens (including phenoxy) is 1. The van der Waals surface area contributed by atoms with Crippen molar-refractivity contribution >= 4 is 20.0 Å². The van der Waals surface area contributed by atoms with Crippen molar-refractivity contribution < 1.29 is 4.74 Å². The minimum absolute atomic E-state index is 0.0881. The van der Waals surface area contributed by atoms with Crippen LogP contribution in [0.25, 0.3) is 0 Å². The summed E-state index contributed by atoms with van der Waals surface area (Å²) in [4.78, 5) is 0. The molecular weight excluding hydrogens is 275 g/mol. The van der Waals surface area contributed by atoms with Crippen LogP contribution in [0.2, 0.25) is 0 Å². The van der Waals surface area contributed by atoms with E-state index in [1.807, 2.05) is 6.07 Å². The van der Waals surface area contributed by atoms with Crippen molar-refractivity contribution in [2.24, 2.45) is 5.92 Å². The van der Waals surface area contributed by atoms with Crippen molar-refractivity contribution in [2.75, 3.05) is 0 Å². The van der Waals surface area contributed by atoms with Crippen LogP contribution >= 0.6 is 0 Å². The molecule has 2 atom stereocenters. The topological polar surface area (TPSA) is 9.23 Å². The number of allylic oxidation sites excluding steroid dienone is 4. The maximum absolute atomic E-state index is 6.13. The second-order valence-electron chi connectivity index (χ2n) is 4.51. The van der Waals surface area contributed by atoms with Gasteiger partial charge in [-0.15, -0.1) is 0 Å². The Morgan fingerprint density at radius 3 is 2.82 bits per heavy atom. The van der Waals surface area contributed by atoms with E-state index < -0.39 is 0 Å². The van der Waals surface area contributed by atoms with E-state index in [1.165, 1.54) is 9.98 Å². The van der Waals surface area contributed by atoms with Crippen molar-refractivity contribution in [2.45, 2.75) is 18.9 Å². The zero-order valence-electron chi connectivity index (χ0n) is 9.50. The first kappa shape index (κ1) is 11.0. The molecule has 2 aliphatic rings. The van der Waals surface area contributed by atoms with Crippen molar-refractivity contribution in [3.05, 3.63) is 59.9 Å². The van der Waals surface area contributed by atoms with Crippen LogP contribution in [0.5, 0.6) is 0 Å². The summed E-state index contributed by atoms with van der Waals surface area (Å²) >= 11 is 3.20. The van der Waals surface area contributed by atoms with E-state index in [4.69, 9.17) is 4.74 Å². The summed E-state index contributed by atoms with van der Waals surface area (Å²) in [6.45, 7) is 0. The number of hydrogen-bond acceptors (Lipinski definition) is 1. The minimum atomic E-state index is 0.0881. The van der Waals surface area contributed by atoms with Crippen LogP contribution < -0.4 is 0 Å². The maximum atomic E-state index is 6.13. The molecule has 1 aromatic carbocycles. The summed E-state index contributed by atoms with van der Waals surface area (Å²) in [7, 11) is 0. The number of fused-ring (bicyclic) bond motifs is 1. The van der Waals surface area contributed by atoms with Gasteiger partial charge in [0, 0.05) is 0 Å². The average molecular weight is 289 g/mol. The van der Waals surface area contributed by atoms with Crippen LogP contribution in [-0.2, 0) is 4.74 Å². The average Bonchev–Trinajstić information content (AvgIpc) is 2.39. The van der Waals surface area contributed by atoms with E-state index >= 15 is 0 Å². The summed E-state index contributed by atoms with van der Waals surface area (Å²) in [5, 5.41) is 0. The molecule has 1 heterocycles. The standard InChI is InChI=1S/C15H14OSe/c17-14-10-12-8-4-5-9-13(12)16-15(14)11-6-2-1-3-7-11/h1-7,9,12,15H,8,10H2. The first-order valence-electron chi connectivity index (χ1n) is 5.95. The van der Waals surface area contributed by atoms with Crippen LogP contribution in [0.3, 0.4) is 0 Å². The van der Waals surface area contributed by atoms with Crippen LogP contribution in [0.15, 0.2) is 54.3 Å². The molecule has 0 aromatic heterocycles. The van der Waals surface area contributed by atoms with Gasteiger partial charge in [0.05, 0.1) is 0 Å². The van der Waals surface area contributed by atoms with E-state index in [0.717, 1.165) is 18.6 Å². The Morgan fingerprint density at radius 1 is 1.18 bits per heavy atom. The van der Waals surface area contributed by atoms with Crippen LogP contribution in [-0.4, -0.2) is 20.0 Å². The molecule has 1 nitrogen and oxygen atoms in total. The van der Waals surface area contributed by atoms with Gasteiger partial charge < -0.3 is 0 Å². The van der Waals surface area contributed by atoms with Crippen molar-refractivity contribution in [1.82, 2.24) is 0 Å². The summed E-state index contributed by atoms with van der Waals surface area (Å²) in [5.41, 5.74) is 1.23. The molecule has 1 saturated heterocycles. The Balaban J connectivity index is 1.89. The number of benzene rings is 1. The van der Waals surface area contributed by atoms with E-state index in [1.54, 1.807) is 0 Å². The number of hydrogen-bond donors (Lipinski definition) is 0. The van der Waals surface area contributed by atoms with Crippen LogP contribution in [0.1, 0.15) is 24.5 Å². The first-order valence-corrected chi connectivity index (χ1v) is 6.81. The SMILES string of the molecule is [Se]=C1CC2CC=CC=C2OC1c1ccccc1. The Kier molecular flexibility index (Phi) is 3.00. The van der Waals surface area contributed by atoms with Gasteiger partial charge in [-0.1, -0.05) is 0 Å². The normalized spacial score (nSPS) is 27.1. The molecule has 17 heavy (non-hydrogen) atoms. The van der Waals surface area contributed by atoms with Gasteiger partial charge >= 0.3 is 109 Å². The van der Waals surface area contributed by atoms with Crippen molar-refractivity contribution in [3.8, 4) is 0 Å². The molecule has 0 spiro atoms. The van der Waals surface area contributed by atoms with Gasteiger partial charge in [-0.25, -0.2) is 0 Å². The van der Waals surface area contributed by atoms with Gasteiger partial charge in [0.2, 0.25) is 0 Å². The zero-order valence-corrected chi connectivity index (χ0v) is 11.2. The van der Waals surface area contributed by atoms with Crippen molar-refractivity contribution in [3.63, 3.8) is 0 Å². The molecule has 0 bridgehead atoms. The summed E-state index contributed by atoms with van der Waals surface area (Å²) in [6.07, 6.45) is 8.70. The molecule has 86 valence electrons. The second kappa shape index (κ2) is 4.64. The van der Waals surface area contributed by atoms with Gasteiger partial charge in [0.25, 0.3) is 0 Å². The van der Waals surface area contributed by atoms with E-state index in [2.05, 4.69) is 58.1 Å². The molecule has 0 N–H and O–H groups in total. The molecule has 3 rings (SSSR count). The molecule has 0 amide bonds. The molecule has 2 unspecified atom stereocenters. The van der Waals surface area contributed by atoms with Gasteiger partial charge in [-0.3, -0.25) is 0 Å². The van der Waals surface area contributed by atoms with E-state index in [-0.39, 0.29) is 6.10 Å². The van der Waals surface area contributed by atoms with Crippen LogP contribution in [0, 0.1) is 5.92 Å². The molecule has 0 radical (unpaired) electrons. The third-order valence-corrected chi connectivity index (χ3v) is 4.11. The van der Waals surface area contributed by atoms with Crippen LogP contribution in [0.4, 0.5) is 0 Å². The fourth-order valence-corrected chi connectivity index (χ4v) is 3.22. The Bertz CT molecular complexity index is 487. The molecule has 2 heteroatoms. The fraction of sp³-hybridized carbons (Fsp3) is 0.267. The fourth-order valence-electron chi connectivity index (χ4n) is 2.41. The Hall–Kier alpha value is -1.11. The molecule has 1 fully saturated rings. The first-order chi connectivity index (χ1) is 8.34. The predicted molar refractivity (Wildman–Crippen MR) is 71.0 cm³/mol. The van der Waals surface area contributed by atoms with E-state index in [0.29, 0.717) is 5.92 Å². The van der Waals surface area contributed by atoms with Gasteiger partial charge in [0.1, 0.15) is 0 Å².